The lowest BCUT2D eigenvalue weighted by Gasteiger charge is -2.18. The second-order valence-corrected chi connectivity index (χ2v) is 5.36. The van der Waals surface area contributed by atoms with Gasteiger partial charge in [-0.25, -0.2) is 0 Å². The first-order chi connectivity index (χ1) is 11.3. The molecule has 0 fully saturated rings. The van der Waals surface area contributed by atoms with Gasteiger partial charge in [0.1, 0.15) is 5.75 Å². The Morgan fingerprint density at radius 2 is 1.71 bits per heavy atom. The number of alkyl halides is 3. The van der Waals surface area contributed by atoms with Crippen molar-refractivity contribution in [3.05, 3.63) is 65.2 Å². The SMILES string of the molecule is COc1ccccc1CCN(C)C(=O)c1ccc(C(F)(F)F)cc1. The number of benzene rings is 2. The summed E-state index contributed by atoms with van der Waals surface area (Å²) in [6.45, 7) is 0.431. The molecule has 2 aromatic carbocycles. The van der Waals surface area contributed by atoms with Gasteiger partial charge in [-0.1, -0.05) is 18.2 Å². The molecule has 128 valence electrons. The molecule has 0 heterocycles. The van der Waals surface area contributed by atoms with Gasteiger partial charge in [0.2, 0.25) is 0 Å². The average molecular weight is 337 g/mol. The first-order valence-electron chi connectivity index (χ1n) is 7.37. The molecule has 0 saturated heterocycles. The summed E-state index contributed by atoms with van der Waals surface area (Å²) in [4.78, 5) is 13.8. The van der Waals surface area contributed by atoms with E-state index in [-0.39, 0.29) is 11.5 Å². The van der Waals surface area contributed by atoms with Gasteiger partial charge in [0.05, 0.1) is 12.7 Å². The quantitative estimate of drug-likeness (QED) is 0.824. The van der Waals surface area contributed by atoms with Crippen LogP contribution >= 0.6 is 0 Å². The van der Waals surface area contributed by atoms with E-state index in [2.05, 4.69) is 0 Å². The van der Waals surface area contributed by atoms with Gasteiger partial charge in [-0.3, -0.25) is 4.79 Å². The Balaban J connectivity index is 2.02. The Kier molecular flexibility index (Phi) is 5.49. The standard InChI is InChI=1S/C18H18F3NO2/c1-22(12-11-13-5-3-4-6-16(13)24-2)17(23)14-7-9-15(10-8-14)18(19,20)21/h3-10H,11-12H2,1-2H3. The van der Waals surface area contributed by atoms with Crippen LogP contribution in [0.1, 0.15) is 21.5 Å². The van der Waals surface area contributed by atoms with Gasteiger partial charge in [-0.05, 0) is 42.3 Å². The predicted octanol–water partition coefficient (Wildman–Crippen LogP) is 4.03. The Bertz CT molecular complexity index is 696. The van der Waals surface area contributed by atoms with Crippen LogP contribution in [0.2, 0.25) is 0 Å². The van der Waals surface area contributed by atoms with E-state index >= 15 is 0 Å². The fourth-order valence-corrected chi connectivity index (χ4v) is 2.32. The van der Waals surface area contributed by atoms with E-state index in [1.165, 1.54) is 17.0 Å². The number of nitrogens with zero attached hydrogens (tertiary/aromatic N) is 1. The van der Waals surface area contributed by atoms with Gasteiger partial charge in [0.15, 0.2) is 0 Å². The topological polar surface area (TPSA) is 29.5 Å². The van der Waals surface area contributed by atoms with Gasteiger partial charge in [0, 0.05) is 19.2 Å². The first-order valence-corrected chi connectivity index (χ1v) is 7.37. The number of hydrogen-bond donors (Lipinski definition) is 0. The van der Waals surface area contributed by atoms with E-state index in [9.17, 15) is 18.0 Å². The molecule has 0 spiro atoms. The number of para-hydroxylation sites is 1. The lowest BCUT2D eigenvalue weighted by Crippen LogP contribution is -2.29. The molecule has 0 radical (unpaired) electrons. The number of carbonyl (C=O) groups excluding carboxylic acids is 1. The molecular formula is C18H18F3NO2. The largest absolute Gasteiger partial charge is 0.496 e. The van der Waals surface area contributed by atoms with Crippen molar-refractivity contribution >= 4 is 5.91 Å². The molecule has 0 aliphatic carbocycles. The van der Waals surface area contributed by atoms with Crippen molar-refractivity contribution in [3.8, 4) is 5.75 Å². The van der Waals surface area contributed by atoms with E-state index < -0.39 is 11.7 Å². The van der Waals surface area contributed by atoms with Crippen molar-refractivity contribution in [2.24, 2.45) is 0 Å². The highest BCUT2D eigenvalue weighted by molar-refractivity contribution is 5.94. The summed E-state index contributed by atoms with van der Waals surface area (Å²) in [6, 6.07) is 11.7. The molecule has 6 heteroatoms. The third-order valence-electron chi connectivity index (χ3n) is 3.71. The zero-order valence-electron chi connectivity index (χ0n) is 13.4. The number of hydrogen-bond acceptors (Lipinski definition) is 2. The lowest BCUT2D eigenvalue weighted by molar-refractivity contribution is -0.137. The van der Waals surface area contributed by atoms with Crippen LogP contribution in [0.25, 0.3) is 0 Å². The van der Waals surface area contributed by atoms with Crippen molar-refractivity contribution < 1.29 is 22.7 Å². The van der Waals surface area contributed by atoms with Gasteiger partial charge in [-0.2, -0.15) is 13.2 Å². The van der Waals surface area contributed by atoms with E-state index in [0.29, 0.717) is 13.0 Å². The summed E-state index contributed by atoms with van der Waals surface area (Å²) in [5.41, 5.74) is 0.424. The van der Waals surface area contributed by atoms with Gasteiger partial charge < -0.3 is 9.64 Å². The van der Waals surface area contributed by atoms with Crippen LogP contribution in [0.5, 0.6) is 5.75 Å². The molecular weight excluding hydrogens is 319 g/mol. The summed E-state index contributed by atoms with van der Waals surface area (Å²) < 4.78 is 42.9. The van der Waals surface area contributed by atoms with Gasteiger partial charge in [0.25, 0.3) is 5.91 Å². The minimum Gasteiger partial charge on any atom is -0.496 e. The number of methoxy groups -OCH3 is 1. The summed E-state index contributed by atoms with van der Waals surface area (Å²) in [5, 5.41) is 0. The molecule has 2 aromatic rings. The number of rotatable bonds is 5. The van der Waals surface area contributed by atoms with E-state index in [1.807, 2.05) is 24.3 Å². The molecule has 1 amide bonds. The third kappa shape index (κ3) is 4.28. The zero-order valence-corrected chi connectivity index (χ0v) is 13.4. The number of likely N-dealkylation sites (N-methyl/N-ethyl adjacent to an activating group) is 1. The lowest BCUT2D eigenvalue weighted by atomic mass is 10.1. The smallest absolute Gasteiger partial charge is 0.416 e. The maximum absolute atomic E-state index is 12.6. The summed E-state index contributed by atoms with van der Waals surface area (Å²) in [7, 11) is 3.20. The summed E-state index contributed by atoms with van der Waals surface area (Å²) >= 11 is 0. The normalized spacial score (nSPS) is 11.2. The third-order valence-corrected chi connectivity index (χ3v) is 3.71. The van der Waals surface area contributed by atoms with Crippen LogP contribution in [0, 0.1) is 0 Å². The van der Waals surface area contributed by atoms with Crippen molar-refractivity contribution in [2.75, 3.05) is 20.7 Å². The van der Waals surface area contributed by atoms with Crippen LogP contribution in [-0.2, 0) is 12.6 Å². The molecule has 3 nitrogen and oxygen atoms in total. The molecule has 0 saturated carbocycles. The minimum absolute atomic E-state index is 0.227. The van der Waals surface area contributed by atoms with Crippen LogP contribution in [-0.4, -0.2) is 31.5 Å². The Morgan fingerprint density at radius 1 is 1.08 bits per heavy atom. The highest BCUT2D eigenvalue weighted by Gasteiger charge is 2.30. The molecule has 0 atom stereocenters. The molecule has 24 heavy (non-hydrogen) atoms. The summed E-state index contributed by atoms with van der Waals surface area (Å²) in [6.07, 6.45) is -3.82. The van der Waals surface area contributed by atoms with Crippen molar-refractivity contribution in [1.82, 2.24) is 4.90 Å². The Morgan fingerprint density at radius 3 is 2.29 bits per heavy atom. The predicted molar refractivity (Wildman–Crippen MR) is 85.1 cm³/mol. The highest BCUT2D eigenvalue weighted by Crippen LogP contribution is 2.29. The maximum atomic E-state index is 12.6. The number of ether oxygens (including phenoxy) is 1. The van der Waals surface area contributed by atoms with Crippen molar-refractivity contribution in [1.29, 1.82) is 0 Å². The first kappa shape index (κ1) is 17.8. The zero-order chi connectivity index (χ0) is 17.7. The average Bonchev–Trinajstić information content (AvgIpc) is 2.58. The molecule has 0 N–H and O–H groups in total. The second-order valence-electron chi connectivity index (χ2n) is 5.36. The molecule has 0 aliphatic heterocycles. The molecule has 0 aromatic heterocycles. The molecule has 0 bridgehead atoms. The number of halogens is 3. The number of carbonyl (C=O) groups is 1. The fraction of sp³-hybridized carbons (Fsp3) is 0.278. The number of amides is 1. The fourth-order valence-electron chi connectivity index (χ4n) is 2.32. The van der Waals surface area contributed by atoms with E-state index in [1.54, 1.807) is 14.2 Å². The molecule has 0 unspecified atom stereocenters. The van der Waals surface area contributed by atoms with E-state index in [0.717, 1.165) is 23.4 Å². The van der Waals surface area contributed by atoms with Crippen molar-refractivity contribution in [3.63, 3.8) is 0 Å². The second kappa shape index (κ2) is 7.38. The van der Waals surface area contributed by atoms with E-state index in [4.69, 9.17) is 4.74 Å². The van der Waals surface area contributed by atoms with Crippen LogP contribution < -0.4 is 4.74 Å². The minimum atomic E-state index is -4.41. The van der Waals surface area contributed by atoms with Crippen LogP contribution in [0.3, 0.4) is 0 Å². The van der Waals surface area contributed by atoms with Crippen LogP contribution in [0.15, 0.2) is 48.5 Å². The van der Waals surface area contributed by atoms with Gasteiger partial charge >= 0.3 is 6.18 Å². The van der Waals surface area contributed by atoms with Crippen LogP contribution in [0.4, 0.5) is 13.2 Å². The van der Waals surface area contributed by atoms with Gasteiger partial charge in [-0.15, -0.1) is 0 Å². The molecule has 2 rings (SSSR count). The Labute approximate surface area is 138 Å². The summed E-state index contributed by atoms with van der Waals surface area (Å²) in [5.74, 6) is 0.423. The highest BCUT2D eigenvalue weighted by atomic mass is 19.4. The maximum Gasteiger partial charge on any atom is 0.416 e. The van der Waals surface area contributed by atoms with Crippen molar-refractivity contribution in [2.45, 2.75) is 12.6 Å². The Hall–Kier alpha value is -2.50. The molecule has 0 aliphatic rings. The monoisotopic (exact) mass is 337 g/mol.